The Morgan fingerprint density at radius 2 is 2.25 bits per heavy atom. The molecule has 0 aliphatic rings. The highest BCUT2D eigenvalue weighted by atomic mass is 14.7. The second-order valence-corrected chi connectivity index (χ2v) is 2.62. The summed E-state index contributed by atoms with van der Waals surface area (Å²) in [6.45, 7) is 5.65. The Balaban J connectivity index is 2.80. The van der Waals surface area contributed by atoms with Crippen LogP contribution in [0.3, 0.4) is 0 Å². The number of nitrogens with one attached hydrogen (secondary N) is 1. The zero-order chi connectivity index (χ0) is 8.55. The lowest BCUT2D eigenvalue weighted by atomic mass is 10.1. The Kier molecular flexibility index (Phi) is 1.38. The lowest BCUT2D eigenvalue weighted by Gasteiger charge is -1.90. The van der Waals surface area contributed by atoms with E-state index in [1.165, 1.54) is 0 Å². The van der Waals surface area contributed by atoms with Crippen LogP contribution in [0.1, 0.15) is 11.1 Å². The van der Waals surface area contributed by atoms with Crippen LogP contribution in [-0.4, -0.2) is 4.98 Å². The van der Waals surface area contributed by atoms with Crippen molar-refractivity contribution in [2.24, 2.45) is 0 Å². The second-order valence-electron chi connectivity index (χ2n) is 2.62. The van der Waals surface area contributed by atoms with Crippen LogP contribution in [0, 0.1) is 18.3 Å². The van der Waals surface area contributed by atoms with Gasteiger partial charge in [-0.05, 0) is 17.7 Å². The third-order valence-corrected chi connectivity index (χ3v) is 1.84. The van der Waals surface area contributed by atoms with Gasteiger partial charge in [0.1, 0.15) is 0 Å². The van der Waals surface area contributed by atoms with Gasteiger partial charge in [-0.15, -0.1) is 0 Å². The van der Waals surface area contributed by atoms with Crippen molar-refractivity contribution >= 4 is 10.9 Å². The van der Waals surface area contributed by atoms with Crippen molar-refractivity contribution in [3.8, 4) is 6.07 Å². The van der Waals surface area contributed by atoms with Crippen LogP contribution in [0.5, 0.6) is 0 Å². The van der Waals surface area contributed by atoms with Gasteiger partial charge in [0, 0.05) is 24.0 Å². The van der Waals surface area contributed by atoms with Crippen LogP contribution in [0.15, 0.2) is 24.4 Å². The van der Waals surface area contributed by atoms with Crippen molar-refractivity contribution in [3.05, 3.63) is 42.4 Å². The highest BCUT2D eigenvalue weighted by Crippen LogP contribution is 2.17. The monoisotopic (exact) mass is 154 g/mol. The summed E-state index contributed by atoms with van der Waals surface area (Å²) in [6.07, 6.45) is 1.73. The van der Waals surface area contributed by atoms with Gasteiger partial charge in [0.25, 0.3) is 0 Å². The summed E-state index contributed by atoms with van der Waals surface area (Å²) in [4.78, 5) is 2.99. The smallest absolute Gasteiger partial charge is 0.0992 e. The summed E-state index contributed by atoms with van der Waals surface area (Å²) < 4.78 is 0. The Bertz CT molecular complexity index is 460. The summed E-state index contributed by atoms with van der Waals surface area (Å²) in [7, 11) is 0. The molecule has 2 nitrogen and oxygen atoms in total. The van der Waals surface area contributed by atoms with Crippen LogP contribution in [0.4, 0.5) is 0 Å². The molecule has 2 rings (SSSR count). The molecular weight excluding hydrogens is 148 g/mol. The molecule has 1 heterocycles. The third kappa shape index (κ3) is 0.876. The predicted octanol–water partition coefficient (Wildman–Crippen LogP) is 2.10. The maximum Gasteiger partial charge on any atom is 0.0992 e. The number of aromatic nitrogens is 1. The van der Waals surface area contributed by atoms with E-state index < -0.39 is 0 Å². The lowest BCUT2D eigenvalue weighted by molar-refractivity contribution is 1.45. The summed E-state index contributed by atoms with van der Waals surface area (Å²) in [5, 5.41) is 9.58. The van der Waals surface area contributed by atoms with E-state index in [1.807, 2.05) is 6.07 Å². The molecule has 2 radical (unpaired) electrons. The largest absolute Gasteiger partial charge is 0.361 e. The van der Waals surface area contributed by atoms with Crippen LogP contribution in [0.2, 0.25) is 0 Å². The molecule has 2 aromatic rings. The Morgan fingerprint density at radius 3 is 3.00 bits per heavy atom. The summed E-state index contributed by atoms with van der Waals surface area (Å²) in [5.74, 6) is 0. The molecule has 2 heteroatoms. The van der Waals surface area contributed by atoms with Crippen molar-refractivity contribution in [2.45, 2.75) is 0 Å². The van der Waals surface area contributed by atoms with Gasteiger partial charge >= 0.3 is 0 Å². The molecule has 1 aromatic carbocycles. The summed E-state index contributed by atoms with van der Waals surface area (Å²) in [5.41, 5.74) is 2.27. The van der Waals surface area contributed by atoms with Crippen molar-refractivity contribution in [3.63, 3.8) is 0 Å². The van der Waals surface area contributed by atoms with Gasteiger partial charge in [0.2, 0.25) is 0 Å². The van der Waals surface area contributed by atoms with Crippen LogP contribution >= 0.6 is 0 Å². The fourth-order valence-corrected chi connectivity index (χ4v) is 1.22. The van der Waals surface area contributed by atoms with E-state index in [0.717, 1.165) is 16.5 Å². The molecule has 0 fully saturated rings. The Hall–Kier alpha value is -1.75. The number of hydrogen-bond donors (Lipinski definition) is 1. The Morgan fingerprint density at radius 1 is 1.42 bits per heavy atom. The summed E-state index contributed by atoms with van der Waals surface area (Å²) >= 11 is 0. The van der Waals surface area contributed by atoms with Crippen molar-refractivity contribution in [2.75, 3.05) is 0 Å². The molecule has 1 aromatic heterocycles. The van der Waals surface area contributed by atoms with Gasteiger partial charge in [-0.3, -0.25) is 0 Å². The van der Waals surface area contributed by atoms with Gasteiger partial charge in [-0.1, -0.05) is 6.07 Å². The van der Waals surface area contributed by atoms with Crippen LogP contribution < -0.4 is 0 Å². The number of nitriles is 1. The van der Waals surface area contributed by atoms with E-state index in [-0.39, 0.29) is 0 Å². The zero-order valence-corrected chi connectivity index (χ0v) is 6.33. The average molecular weight is 154 g/mol. The zero-order valence-electron chi connectivity index (χ0n) is 6.33. The number of hydrogen-bond acceptors (Lipinski definition) is 1. The second kappa shape index (κ2) is 2.38. The number of H-pyrrole nitrogens is 1. The first kappa shape index (κ1) is 6.93. The van der Waals surface area contributed by atoms with Crippen molar-refractivity contribution in [1.82, 2.24) is 4.98 Å². The molecule has 0 spiro atoms. The van der Waals surface area contributed by atoms with Gasteiger partial charge in [0.05, 0.1) is 11.6 Å². The first-order valence-corrected chi connectivity index (χ1v) is 3.58. The van der Waals surface area contributed by atoms with E-state index in [1.54, 1.807) is 18.3 Å². The molecule has 1 N–H and O–H groups in total. The molecule has 0 aliphatic carbocycles. The molecule has 0 bridgehead atoms. The van der Waals surface area contributed by atoms with Gasteiger partial charge in [0.15, 0.2) is 0 Å². The average Bonchev–Trinajstić information content (AvgIpc) is 2.47. The number of benzene rings is 1. The first-order valence-electron chi connectivity index (χ1n) is 3.58. The summed E-state index contributed by atoms with van der Waals surface area (Å²) in [6, 6.07) is 7.45. The van der Waals surface area contributed by atoms with E-state index in [2.05, 4.69) is 11.1 Å². The molecule has 0 atom stereocenters. The number of aromatic amines is 1. The van der Waals surface area contributed by atoms with Crippen molar-refractivity contribution in [1.29, 1.82) is 5.26 Å². The topological polar surface area (TPSA) is 39.6 Å². The molecule has 0 saturated heterocycles. The maximum absolute atomic E-state index is 8.61. The van der Waals surface area contributed by atoms with Gasteiger partial charge in [-0.25, -0.2) is 0 Å². The van der Waals surface area contributed by atoms with Crippen LogP contribution in [0.25, 0.3) is 10.9 Å². The van der Waals surface area contributed by atoms with Crippen molar-refractivity contribution < 1.29 is 0 Å². The Labute approximate surface area is 70.4 Å². The van der Waals surface area contributed by atoms with E-state index in [9.17, 15) is 0 Å². The van der Waals surface area contributed by atoms with Gasteiger partial charge in [-0.2, -0.15) is 5.26 Å². The lowest BCUT2D eigenvalue weighted by Crippen LogP contribution is -1.73. The predicted molar refractivity (Wildman–Crippen MR) is 46.4 cm³/mol. The highest BCUT2D eigenvalue weighted by molar-refractivity contribution is 5.84. The molecule has 56 valence electrons. The minimum Gasteiger partial charge on any atom is -0.361 e. The maximum atomic E-state index is 8.61. The number of fused-ring (bicyclic) bond motifs is 1. The minimum atomic E-state index is 0.643. The van der Waals surface area contributed by atoms with Crippen LogP contribution in [-0.2, 0) is 0 Å². The molecule has 0 aliphatic heterocycles. The normalized spacial score (nSPS) is 10.0. The molecule has 12 heavy (non-hydrogen) atoms. The van der Waals surface area contributed by atoms with E-state index in [0.29, 0.717) is 5.56 Å². The fraction of sp³-hybridized carbons (Fsp3) is 0. The third-order valence-electron chi connectivity index (χ3n) is 1.84. The highest BCUT2D eigenvalue weighted by Gasteiger charge is 1.99. The van der Waals surface area contributed by atoms with E-state index >= 15 is 0 Å². The quantitative estimate of drug-likeness (QED) is 0.620. The molecular formula is C10H6N2. The number of nitrogens with zero attached hydrogens (tertiary/aromatic N) is 1. The molecule has 0 saturated carbocycles. The fourth-order valence-electron chi connectivity index (χ4n) is 1.22. The van der Waals surface area contributed by atoms with Gasteiger partial charge < -0.3 is 4.98 Å². The molecule has 0 amide bonds. The SMILES string of the molecule is [CH]c1c[nH]c2cc(C#N)ccc12. The molecule has 0 unspecified atom stereocenters. The van der Waals surface area contributed by atoms with E-state index in [4.69, 9.17) is 12.2 Å². The first-order chi connectivity index (χ1) is 5.81. The minimum absolute atomic E-state index is 0.643. The number of rotatable bonds is 0. The standard InChI is InChI=1S/C10H6N2/c1-7-6-12-10-4-8(5-11)2-3-9(7)10/h1-4,6,12H.